The Morgan fingerprint density at radius 2 is 1.76 bits per heavy atom. The number of hydrogen-bond donors (Lipinski definition) is 1. The number of carbonyl (C=O) groups is 2. The highest BCUT2D eigenvalue weighted by Gasteiger charge is 2.47. The Morgan fingerprint density at radius 1 is 1.00 bits per heavy atom. The van der Waals surface area contributed by atoms with Crippen LogP contribution in [0, 0.1) is 0 Å². The average molecular weight is 502 g/mol. The molecule has 37 heavy (non-hydrogen) atoms. The molecule has 190 valence electrons. The SMILES string of the molecule is CCOc1cccc(N2C(=O)C(=O)/C(=C(\O)c3ccc4c(c3)OCO4)C2c2cccc(OC(C)C)c2)c1. The van der Waals surface area contributed by atoms with Gasteiger partial charge in [0, 0.05) is 17.3 Å². The molecule has 8 nitrogen and oxygen atoms in total. The van der Waals surface area contributed by atoms with Crippen molar-refractivity contribution in [2.45, 2.75) is 32.9 Å². The highest BCUT2D eigenvalue weighted by Crippen LogP contribution is 2.44. The Morgan fingerprint density at radius 3 is 2.54 bits per heavy atom. The van der Waals surface area contributed by atoms with Gasteiger partial charge in [0.2, 0.25) is 6.79 Å². The van der Waals surface area contributed by atoms with Crippen LogP contribution >= 0.6 is 0 Å². The van der Waals surface area contributed by atoms with Crippen LogP contribution in [0.5, 0.6) is 23.0 Å². The molecular weight excluding hydrogens is 474 g/mol. The number of hydrogen-bond acceptors (Lipinski definition) is 7. The lowest BCUT2D eigenvalue weighted by atomic mass is 9.94. The van der Waals surface area contributed by atoms with E-state index in [1.807, 2.05) is 26.8 Å². The Labute approximate surface area is 214 Å². The van der Waals surface area contributed by atoms with Crippen molar-refractivity contribution in [2.24, 2.45) is 0 Å². The molecule has 3 aromatic carbocycles. The van der Waals surface area contributed by atoms with Gasteiger partial charge in [0.05, 0.1) is 24.3 Å². The Balaban J connectivity index is 1.68. The van der Waals surface area contributed by atoms with Crippen molar-refractivity contribution in [3.05, 3.63) is 83.4 Å². The molecule has 3 aromatic rings. The van der Waals surface area contributed by atoms with Crippen molar-refractivity contribution in [3.63, 3.8) is 0 Å². The molecule has 2 aliphatic rings. The van der Waals surface area contributed by atoms with E-state index in [0.29, 0.717) is 46.4 Å². The topological polar surface area (TPSA) is 94.5 Å². The molecular formula is C29H27NO7. The normalized spacial score (nSPS) is 17.9. The minimum absolute atomic E-state index is 0.0348. The highest BCUT2D eigenvalue weighted by molar-refractivity contribution is 6.51. The number of aliphatic hydroxyl groups is 1. The molecule has 1 N–H and O–H groups in total. The third-order valence-corrected chi connectivity index (χ3v) is 6.04. The maximum Gasteiger partial charge on any atom is 0.300 e. The summed E-state index contributed by atoms with van der Waals surface area (Å²) in [6, 6.07) is 18.1. The molecule has 0 spiro atoms. The fourth-order valence-electron chi connectivity index (χ4n) is 4.53. The number of amides is 1. The Hall–Kier alpha value is -4.46. The smallest absolute Gasteiger partial charge is 0.300 e. The number of ether oxygens (including phenoxy) is 4. The van der Waals surface area contributed by atoms with Gasteiger partial charge in [0.15, 0.2) is 11.5 Å². The summed E-state index contributed by atoms with van der Waals surface area (Å²) in [5, 5.41) is 11.4. The fourth-order valence-corrected chi connectivity index (χ4v) is 4.53. The predicted molar refractivity (Wildman–Crippen MR) is 137 cm³/mol. The molecule has 1 amide bonds. The summed E-state index contributed by atoms with van der Waals surface area (Å²) >= 11 is 0. The van der Waals surface area contributed by atoms with Crippen molar-refractivity contribution in [1.29, 1.82) is 0 Å². The monoisotopic (exact) mass is 501 g/mol. The lowest BCUT2D eigenvalue weighted by Gasteiger charge is -2.26. The third kappa shape index (κ3) is 4.58. The van der Waals surface area contributed by atoms with E-state index in [2.05, 4.69) is 0 Å². The number of fused-ring (bicyclic) bond motifs is 1. The molecule has 1 saturated heterocycles. The average Bonchev–Trinajstić information content (AvgIpc) is 3.45. The fraction of sp³-hybridized carbons (Fsp3) is 0.241. The van der Waals surface area contributed by atoms with E-state index in [4.69, 9.17) is 18.9 Å². The molecule has 5 rings (SSSR count). The summed E-state index contributed by atoms with van der Waals surface area (Å²) in [5.74, 6) is 0.289. The molecule has 0 aliphatic carbocycles. The second-order valence-corrected chi connectivity index (χ2v) is 8.91. The predicted octanol–water partition coefficient (Wildman–Crippen LogP) is 5.23. The first-order chi connectivity index (χ1) is 17.9. The molecule has 0 radical (unpaired) electrons. The van der Waals surface area contributed by atoms with E-state index in [0.717, 1.165) is 0 Å². The highest BCUT2D eigenvalue weighted by atomic mass is 16.7. The quantitative estimate of drug-likeness (QED) is 0.269. The summed E-state index contributed by atoms with van der Waals surface area (Å²) in [7, 11) is 0. The summed E-state index contributed by atoms with van der Waals surface area (Å²) in [6.07, 6.45) is -0.0712. The van der Waals surface area contributed by atoms with Gasteiger partial charge in [-0.2, -0.15) is 0 Å². The van der Waals surface area contributed by atoms with Crippen LogP contribution in [0.4, 0.5) is 5.69 Å². The first kappa shape index (κ1) is 24.2. The number of Topliss-reactive ketones (excluding diaryl/α,β-unsaturated/α-hetero) is 1. The number of rotatable bonds is 7. The first-order valence-corrected chi connectivity index (χ1v) is 12.1. The van der Waals surface area contributed by atoms with Crippen LogP contribution in [-0.4, -0.2) is 36.3 Å². The molecule has 2 heterocycles. The zero-order valence-electron chi connectivity index (χ0n) is 20.8. The standard InChI is InChI=1S/C29H27NO7/c1-4-34-21-9-6-8-20(15-21)30-26(18-7-5-10-22(13-18)37-17(2)3)25(28(32)29(30)33)27(31)19-11-12-23-24(14-19)36-16-35-23/h5-15,17,26,31H,4,16H2,1-3H3/b27-25-. The Bertz CT molecular complexity index is 1390. The molecule has 0 bridgehead atoms. The van der Waals surface area contributed by atoms with Crippen LogP contribution in [0.1, 0.15) is 37.9 Å². The van der Waals surface area contributed by atoms with Crippen molar-refractivity contribution < 1.29 is 33.6 Å². The Kier molecular flexibility index (Phi) is 6.48. The number of benzene rings is 3. The maximum atomic E-state index is 13.5. The first-order valence-electron chi connectivity index (χ1n) is 12.1. The zero-order chi connectivity index (χ0) is 26.1. The van der Waals surface area contributed by atoms with Gasteiger partial charge in [-0.3, -0.25) is 14.5 Å². The molecule has 2 aliphatic heterocycles. The minimum Gasteiger partial charge on any atom is -0.507 e. The van der Waals surface area contributed by atoms with Crippen molar-refractivity contribution in [1.82, 2.24) is 0 Å². The molecule has 8 heteroatoms. The number of carbonyl (C=O) groups excluding carboxylic acids is 2. The van der Waals surface area contributed by atoms with Gasteiger partial charge in [-0.25, -0.2) is 0 Å². The molecule has 1 unspecified atom stereocenters. The van der Waals surface area contributed by atoms with Crippen LogP contribution in [0.15, 0.2) is 72.3 Å². The second-order valence-electron chi connectivity index (χ2n) is 8.91. The molecule has 0 saturated carbocycles. The number of anilines is 1. The lowest BCUT2D eigenvalue weighted by molar-refractivity contribution is -0.132. The largest absolute Gasteiger partial charge is 0.507 e. The lowest BCUT2D eigenvalue weighted by Crippen LogP contribution is -2.29. The van der Waals surface area contributed by atoms with E-state index in [1.54, 1.807) is 60.7 Å². The van der Waals surface area contributed by atoms with Gasteiger partial charge >= 0.3 is 0 Å². The number of ketones is 1. The van der Waals surface area contributed by atoms with Gasteiger partial charge in [-0.05, 0) is 68.8 Å². The number of aliphatic hydroxyl groups excluding tert-OH is 1. The van der Waals surface area contributed by atoms with E-state index in [1.165, 1.54) is 4.90 Å². The summed E-state index contributed by atoms with van der Waals surface area (Å²) < 4.78 is 22.3. The van der Waals surface area contributed by atoms with Crippen LogP contribution in [0.2, 0.25) is 0 Å². The summed E-state index contributed by atoms with van der Waals surface area (Å²) in [5.41, 5.74) is 1.39. The van der Waals surface area contributed by atoms with Gasteiger partial charge in [-0.1, -0.05) is 18.2 Å². The summed E-state index contributed by atoms with van der Waals surface area (Å²) in [4.78, 5) is 28.3. The van der Waals surface area contributed by atoms with Crippen molar-refractivity contribution in [3.8, 4) is 23.0 Å². The van der Waals surface area contributed by atoms with Gasteiger partial charge in [0.25, 0.3) is 11.7 Å². The van der Waals surface area contributed by atoms with E-state index >= 15 is 0 Å². The third-order valence-electron chi connectivity index (χ3n) is 6.04. The van der Waals surface area contributed by atoms with E-state index in [9.17, 15) is 14.7 Å². The molecule has 1 fully saturated rings. The van der Waals surface area contributed by atoms with E-state index < -0.39 is 17.7 Å². The van der Waals surface area contributed by atoms with Gasteiger partial charge in [-0.15, -0.1) is 0 Å². The van der Waals surface area contributed by atoms with Crippen LogP contribution < -0.4 is 23.8 Å². The van der Waals surface area contributed by atoms with Crippen molar-refractivity contribution >= 4 is 23.1 Å². The number of nitrogens with zero attached hydrogens (tertiary/aromatic N) is 1. The maximum absolute atomic E-state index is 13.5. The molecule has 1 atom stereocenters. The van der Waals surface area contributed by atoms with Gasteiger partial charge < -0.3 is 24.1 Å². The zero-order valence-corrected chi connectivity index (χ0v) is 20.8. The summed E-state index contributed by atoms with van der Waals surface area (Å²) in [6.45, 7) is 6.22. The minimum atomic E-state index is -0.905. The van der Waals surface area contributed by atoms with E-state index in [-0.39, 0.29) is 24.2 Å². The molecule has 0 aromatic heterocycles. The van der Waals surface area contributed by atoms with Crippen LogP contribution in [0.3, 0.4) is 0 Å². The van der Waals surface area contributed by atoms with Crippen LogP contribution in [-0.2, 0) is 9.59 Å². The van der Waals surface area contributed by atoms with Crippen molar-refractivity contribution in [2.75, 3.05) is 18.3 Å². The van der Waals surface area contributed by atoms with Crippen LogP contribution in [0.25, 0.3) is 5.76 Å². The second kappa shape index (κ2) is 9.89. The van der Waals surface area contributed by atoms with Gasteiger partial charge in [0.1, 0.15) is 17.3 Å².